The van der Waals surface area contributed by atoms with Crippen LogP contribution in [0.15, 0.2) is 82.4 Å². The molecule has 0 aliphatic carbocycles. The second kappa shape index (κ2) is 7.01. The van der Waals surface area contributed by atoms with Gasteiger partial charge in [-0.1, -0.05) is 48.0 Å². The summed E-state index contributed by atoms with van der Waals surface area (Å²) in [4.78, 5) is 26.4. The predicted molar refractivity (Wildman–Crippen MR) is 109 cm³/mol. The molecule has 0 fully saturated rings. The Bertz CT molecular complexity index is 1340. The number of aromatic nitrogens is 2. The SMILES string of the molecule is Cc1ccc(-n2c(=O)c3ccccc3n(Cc3ccccc3C#N)c2=O)cc1. The van der Waals surface area contributed by atoms with Crippen LogP contribution in [0.2, 0.25) is 0 Å². The lowest BCUT2D eigenvalue weighted by atomic mass is 10.1. The zero-order valence-electron chi connectivity index (χ0n) is 15.3. The Kier molecular flexibility index (Phi) is 4.38. The Morgan fingerprint density at radius 3 is 2.32 bits per heavy atom. The topological polar surface area (TPSA) is 67.8 Å². The second-order valence-corrected chi connectivity index (χ2v) is 6.63. The molecule has 0 spiro atoms. The summed E-state index contributed by atoms with van der Waals surface area (Å²) in [5.74, 6) is 0. The van der Waals surface area contributed by atoms with Gasteiger partial charge in [0.05, 0.1) is 34.8 Å². The normalized spacial score (nSPS) is 10.7. The highest BCUT2D eigenvalue weighted by molar-refractivity contribution is 5.78. The van der Waals surface area contributed by atoms with Gasteiger partial charge in [-0.3, -0.25) is 9.36 Å². The Hall–Kier alpha value is -3.91. The van der Waals surface area contributed by atoms with E-state index < -0.39 is 5.69 Å². The molecule has 28 heavy (non-hydrogen) atoms. The number of nitrogens with zero attached hydrogens (tertiary/aromatic N) is 3. The van der Waals surface area contributed by atoms with Crippen molar-refractivity contribution >= 4 is 10.9 Å². The molecule has 0 aliphatic heterocycles. The van der Waals surface area contributed by atoms with Crippen molar-refractivity contribution in [3.05, 3.63) is 110 Å². The van der Waals surface area contributed by atoms with Crippen LogP contribution in [-0.4, -0.2) is 9.13 Å². The van der Waals surface area contributed by atoms with Crippen LogP contribution in [0.25, 0.3) is 16.6 Å². The van der Waals surface area contributed by atoms with Gasteiger partial charge in [0.1, 0.15) is 0 Å². The van der Waals surface area contributed by atoms with Crippen molar-refractivity contribution in [2.75, 3.05) is 0 Å². The Balaban J connectivity index is 2.03. The molecule has 4 rings (SSSR count). The first-order chi connectivity index (χ1) is 13.6. The van der Waals surface area contributed by atoms with Gasteiger partial charge in [0.15, 0.2) is 0 Å². The summed E-state index contributed by atoms with van der Waals surface area (Å²) in [6, 6.07) is 23.6. The third-order valence-corrected chi connectivity index (χ3v) is 4.81. The highest BCUT2D eigenvalue weighted by atomic mass is 16.2. The van der Waals surface area contributed by atoms with Gasteiger partial charge in [-0.2, -0.15) is 5.26 Å². The monoisotopic (exact) mass is 367 g/mol. The fourth-order valence-corrected chi connectivity index (χ4v) is 3.33. The maximum atomic E-state index is 13.3. The highest BCUT2D eigenvalue weighted by Gasteiger charge is 2.15. The van der Waals surface area contributed by atoms with Gasteiger partial charge < -0.3 is 0 Å². The number of fused-ring (bicyclic) bond motifs is 1. The molecule has 0 aliphatic rings. The number of para-hydroxylation sites is 1. The first-order valence-corrected chi connectivity index (χ1v) is 8.90. The number of hydrogen-bond acceptors (Lipinski definition) is 3. The van der Waals surface area contributed by atoms with Crippen molar-refractivity contribution < 1.29 is 0 Å². The molecule has 0 saturated carbocycles. The average molecular weight is 367 g/mol. The van der Waals surface area contributed by atoms with Crippen molar-refractivity contribution in [1.29, 1.82) is 5.26 Å². The lowest BCUT2D eigenvalue weighted by molar-refractivity contribution is 0.713. The van der Waals surface area contributed by atoms with E-state index in [1.165, 1.54) is 4.57 Å². The Morgan fingerprint density at radius 2 is 1.57 bits per heavy atom. The number of hydrogen-bond donors (Lipinski definition) is 0. The van der Waals surface area contributed by atoms with Crippen LogP contribution in [0.3, 0.4) is 0 Å². The van der Waals surface area contributed by atoms with Crippen LogP contribution in [0.5, 0.6) is 0 Å². The number of nitriles is 1. The molecule has 5 nitrogen and oxygen atoms in total. The molecule has 0 bridgehead atoms. The number of aryl methyl sites for hydroxylation is 1. The van der Waals surface area contributed by atoms with Gasteiger partial charge in [0.2, 0.25) is 0 Å². The van der Waals surface area contributed by atoms with Crippen molar-refractivity contribution in [2.24, 2.45) is 0 Å². The van der Waals surface area contributed by atoms with E-state index in [4.69, 9.17) is 0 Å². The van der Waals surface area contributed by atoms with Crippen LogP contribution >= 0.6 is 0 Å². The van der Waals surface area contributed by atoms with Crippen LogP contribution in [-0.2, 0) is 6.54 Å². The van der Waals surface area contributed by atoms with E-state index in [1.54, 1.807) is 53.1 Å². The van der Waals surface area contributed by atoms with E-state index in [2.05, 4.69) is 6.07 Å². The highest BCUT2D eigenvalue weighted by Crippen LogP contribution is 2.14. The molecule has 4 aromatic rings. The van der Waals surface area contributed by atoms with E-state index in [-0.39, 0.29) is 12.1 Å². The molecule has 0 unspecified atom stereocenters. The summed E-state index contributed by atoms with van der Waals surface area (Å²) in [6.45, 7) is 2.15. The zero-order valence-corrected chi connectivity index (χ0v) is 15.3. The Labute approximate surface area is 161 Å². The summed E-state index contributed by atoms with van der Waals surface area (Å²) in [7, 11) is 0. The minimum absolute atomic E-state index is 0.204. The molecule has 0 radical (unpaired) electrons. The third-order valence-electron chi connectivity index (χ3n) is 4.81. The van der Waals surface area contributed by atoms with Crippen molar-refractivity contribution in [3.8, 4) is 11.8 Å². The molecule has 3 aromatic carbocycles. The third kappa shape index (κ3) is 2.91. The van der Waals surface area contributed by atoms with E-state index in [9.17, 15) is 14.9 Å². The first-order valence-electron chi connectivity index (χ1n) is 8.90. The smallest absolute Gasteiger partial charge is 0.288 e. The maximum absolute atomic E-state index is 13.3. The summed E-state index contributed by atoms with van der Waals surface area (Å²) in [5.41, 5.74) is 2.57. The van der Waals surface area contributed by atoms with Gasteiger partial charge in [-0.05, 0) is 42.8 Å². The predicted octanol–water partition coefficient (Wildman–Crippen LogP) is 3.38. The van der Waals surface area contributed by atoms with Crippen LogP contribution < -0.4 is 11.2 Å². The fourth-order valence-electron chi connectivity index (χ4n) is 3.33. The lowest BCUT2D eigenvalue weighted by Crippen LogP contribution is -2.39. The second-order valence-electron chi connectivity index (χ2n) is 6.63. The molecule has 0 amide bonds. The van der Waals surface area contributed by atoms with Crippen molar-refractivity contribution in [1.82, 2.24) is 9.13 Å². The largest absolute Gasteiger partial charge is 0.336 e. The zero-order chi connectivity index (χ0) is 19.7. The summed E-state index contributed by atoms with van der Waals surface area (Å²) < 4.78 is 2.74. The molecular weight excluding hydrogens is 350 g/mol. The first kappa shape index (κ1) is 17.5. The van der Waals surface area contributed by atoms with Gasteiger partial charge in [-0.25, -0.2) is 9.36 Å². The molecule has 0 atom stereocenters. The van der Waals surface area contributed by atoms with E-state index in [0.29, 0.717) is 22.2 Å². The van der Waals surface area contributed by atoms with E-state index in [0.717, 1.165) is 11.1 Å². The molecule has 136 valence electrons. The minimum Gasteiger partial charge on any atom is -0.288 e. The molecular formula is C23H17N3O2. The van der Waals surface area contributed by atoms with E-state index in [1.807, 2.05) is 31.2 Å². The van der Waals surface area contributed by atoms with Crippen LogP contribution in [0, 0.1) is 18.3 Å². The number of rotatable bonds is 3. The van der Waals surface area contributed by atoms with Gasteiger partial charge >= 0.3 is 5.69 Å². The average Bonchev–Trinajstić information content (AvgIpc) is 2.73. The molecule has 0 saturated heterocycles. The van der Waals surface area contributed by atoms with Crippen molar-refractivity contribution in [3.63, 3.8) is 0 Å². The number of benzene rings is 3. The van der Waals surface area contributed by atoms with Gasteiger partial charge in [-0.15, -0.1) is 0 Å². The molecule has 1 heterocycles. The fraction of sp³-hybridized carbons (Fsp3) is 0.0870. The lowest BCUT2D eigenvalue weighted by Gasteiger charge is -2.15. The van der Waals surface area contributed by atoms with E-state index >= 15 is 0 Å². The summed E-state index contributed by atoms with van der Waals surface area (Å²) >= 11 is 0. The summed E-state index contributed by atoms with van der Waals surface area (Å²) in [5, 5.41) is 9.84. The Morgan fingerprint density at radius 1 is 0.893 bits per heavy atom. The summed E-state index contributed by atoms with van der Waals surface area (Å²) in [6.07, 6.45) is 0. The van der Waals surface area contributed by atoms with Gasteiger partial charge in [0, 0.05) is 0 Å². The van der Waals surface area contributed by atoms with Crippen LogP contribution in [0.4, 0.5) is 0 Å². The molecule has 0 N–H and O–H groups in total. The van der Waals surface area contributed by atoms with Crippen LogP contribution in [0.1, 0.15) is 16.7 Å². The standard InChI is InChI=1S/C23H17N3O2/c1-16-10-12-19(13-11-16)26-22(27)20-8-4-5-9-21(20)25(23(26)28)15-18-7-3-2-6-17(18)14-24/h2-13H,15H2,1H3. The maximum Gasteiger partial charge on any atom is 0.336 e. The quantitative estimate of drug-likeness (QED) is 0.557. The molecule has 5 heteroatoms. The van der Waals surface area contributed by atoms with Crippen molar-refractivity contribution in [2.45, 2.75) is 13.5 Å². The van der Waals surface area contributed by atoms with Gasteiger partial charge in [0.25, 0.3) is 5.56 Å². The molecule has 1 aromatic heterocycles. The minimum atomic E-state index is -0.430.